The van der Waals surface area contributed by atoms with Gasteiger partial charge in [0.2, 0.25) is 0 Å². The number of aliphatic carboxylic acids is 1. The van der Waals surface area contributed by atoms with E-state index in [0.29, 0.717) is 18.0 Å². The lowest BCUT2D eigenvalue weighted by atomic mass is 9.93. The molecule has 0 aromatic heterocycles. The molecule has 0 bridgehead atoms. The molecule has 1 aliphatic heterocycles. The molecule has 0 saturated carbocycles. The number of hydrogen-bond donors (Lipinski definition) is 1. The normalized spacial score (nSPS) is 14.8. The fourth-order valence-electron chi connectivity index (χ4n) is 2.21. The third-order valence-corrected chi connectivity index (χ3v) is 3.30. The van der Waals surface area contributed by atoms with Crippen molar-refractivity contribution in [2.45, 2.75) is 26.2 Å². The van der Waals surface area contributed by atoms with E-state index in [1.54, 1.807) is 0 Å². The summed E-state index contributed by atoms with van der Waals surface area (Å²) in [5.74, 6) is -0.772. The Labute approximate surface area is 106 Å². The van der Waals surface area contributed by atoms with Crippen molar-refractivity contribution >= 4 is 11.9 Å². The fourth-order valence-corrected chi connectivity index (χ4v) is 2.21. The average Bonchev–Trinajstić information content (AvgIpc) is 2.32. The highest BCUT2D eigenvalue weighted by molar-refractivity contribution is 5.98. The first kappa shape index (κ1) is 12.6. The number of rotatable bonds is 3. The smallest absolute Gasteiger partial charge is 0.323 e. The Bertz CT molecular complexity index is 494. The number of benzene rings is 1. The topological polar surface area (TPSA) is 57.6 Å². The number of fused-ring (bicyclic) bond motifs is 1. The molecule has 1 aromatic carbocycles. The molecule has 1 aliphatic rings. The monoisotopic (exact) mass is 247 g/mol. The molecule has 0 radical (unpaired) electrons. The van der Waals surface area contributed by atoms with Crippen LogP contribution in [0.2, 0.25) is 0 Å². The first-order valence-electron chi connectivity index (χ1n) is 6.13. The van der Waals surface area contributed by atoms with E-state index in [2.05, 4.69) is 13.8 Å². The summed E-state index contributed by atoms with van der Waals surface area (Å²) in [7, 11) is 0. The second-order valence-electron chi connectivity index (χ2n) is 4.94. The maximum Gasteiger partial charge on any atom is 0.323 e. The van der Waals surface area contributed by atoms with Gasteiger partial charge < -0.3 is 10.0 Å². The third kappa shape index (κ3) is 2.37. The van der Waals surface area contributed by atoms with E-state index in [4.69, 9.17) is 5.11 Å². The Balaban J connectivity index is 2.32. The van der Waals surface area contributed by atoms with Gasteiger partial charge >= 0.3 is 5.97 Å². The summed E-state index contributed by atoms with van der Waals surface area (Å²) in [6, 6.07) is 5.93. The molecule has 0 saturated heterocycles. The third-order valence-electron chi connectivity index (χ3n) is 3.30. The zero-order valence-electron chi connectivity index (χ0n) is 10.6. The average molecular weight is 247 g/mol. The van der Waals surface area contributed by atoms with Crippen molar-refractivity contribution in [3.63, 3.8) is 0 Å². The maximum absolute atomic E-state index is 12.2. The van der Waals surface area contributed by atoms with Gasteiger partial charge in [-0.05, 0) is 29.5 Å². The van der Waals surface area contributed by atoms with Crippen LogP contribution >= 0.6 is 0 Å². The molecule has 4 nitrogen and oxygen atoms in total. The molecule has 0 fully saturated rings. The fraction of sp³-hybridized carbons (Fsp3) is 0.429. The van der Waals surface area contributed by atoms with Gasteiger partial charge in [0.1, 0.15) is 6.54 Å². The number of carbonyl (C=O) groups is 2. The van der Waals surface area contributed by atoms with Gasteiger partial charge in [-0.3, -0.25) is 9.59 Å². The predicted molar refractivity (Wildman–Crippen MR) is 67.8 cm³/mol. The lowest BCUT2D eigenvalue weighted by Gasteiger charge is -2.27. The number of hydrogen-bond acceptors (Lipinski definition) is 2. The Kier molecular flexibility index (Phi) is 3.36. The van der Waals surface area contributed by atoms with Crippen LogP contribution in [0, 0.1) is 0 Å². The van der Waals surface area contributed by atoms with Crippen LogP contribution < -0.4 is 0 Å². The van der Waals surface area contributed by atoms with Crippen LogP contribution in [0.5, 0.6) is 0 Å². The summed E-state index contributed by atoms with van der Waals surface area (Å²) in [5, 5.41) is 8.78. The van der Waals surface area contributed by atoms with Crippen LogP contribution in [-0.2, 0) is 11.2 Å². The van der Waals surface area contributed by atoms with Gasteiger partial charge in [-0.1, -0.05) is 26.0 Å². The summed E-state index contributed by atoms with van der Waals surface area (Å²) < 4.78 is 0. The molecule has 1 amide bonds. The molecule has 4 heteroatoms. The molecule has 1 N–H and O–H groups in total. The van der Waals surface area contributed by atoms with Crippen molar-refractivity contribution < 1.29 is 14.7 Å². The van der Waals surface area contributed by atoms with Crippen LogP contribution in [0.15, 0.2) is 18.2 Å². The Morgan fingerprint density at radius 1 is 1.44 bits per heavy atom. The Hall–Kier alpha value is -1.84. The molecule has 2 rings (SSSR count). The molecule has 18 heavy (non-hydrogen) atoms. The maximum atomic E-state index is 12.2. The minimum absolute atomic E-state index is 0.166. The zero-order chi connectivity index (χ0) is 13.3. The van der Waals surface area contributed by atoms with E-state index in [-0.39, 0.29) is 12.5 Å². The molecular weight excluding hydrogens is 230 g/mol. The van der Waals surface area contributed by atoms with Crippen molar-refractivity contribution in [2.75, 3.05) is 13.1 Å². The molecule has 1 heterocycles. The van der Waals surface area contributed by atoms with Gasteiger partial charge in [0.25, 0.3) is 5.91 Å². The highest BCUT2D eigenvalue weighted by Crippen LogP contribution is 2.23. The van der Waals surface area contributed by atoms with Crippen molar-refractivity contribution in [3.05, 3.63) is 34.9 Å². The lowest BCUT2D eigenvalue weighted by molar-refractivity contribution is -0.137. The number of carbonyl (C=O) groups excluding carboxylic acids is 1. The van der Waals surface area contributed by atoms with E-state index in [0.717, 1.165) is 17.5 Å². The van der Waals surface area contributed by atoms with Gasteiger partial charge in [-0.25, -0.2) is 0 Å². The minimum atomic E-state index is -0.966. The second-order valence-corrected chi connectivity index (χ2v) is 4.94. The van der Waals surface area contributed by atoms with Crippen LogP contribution in [0.1, 0.15) is 41.3 Å². The number of carboxylic acid groups (broad SMARTS) is 1. The van der Waals surface area contributed by atoms with Gasteiger partial charge in [0, 0.05) is 12.1 Å². The van der Waals surface area contributed by atoms with E-state index < -0.39 is 5.97 Å². The van der Waals surface area contributed by atoms with Crippen LogP contribution in [-0.4, -0.2) is 35.0 Å². The molecule has 0 unspecified atom stereocenters. The molecule has 0 spiro atoms. The van der Waals surface area contributed by atoms with Gasteiger partial charge in [-0.2, -0.15) is 0 Å². The highest BCUT2D eigenvalue weighted by Gasteiger charge is 2.26. The standard InChI is InChI=1S/C14H17NO3/c1-9(2)11-4-3-10-5-6-15(8-13(16)17)14(18)12(10)7-11/h3-4,7,9H,5-6,8H2,1-2H3,(H,16,17). The quantitative estimate of drug-likeness (QED) is 0.887. The van der Waals surface area contributed by atoms with E-state index in [9.17, 15) is 9.59 Å². The van der Waals surface area contributed by atoms with Crippen molar-refractivity contribution in [2.24, 2.45) is 0 Å². The molecule has 0 atom stereocenters. The van der Waals surface area contributed by atoms with Gasteiger partial charge in [0.05, 0.1) is 0 Å². The Morgan fingerprint density at radius 3 is 2.78 bits per heavy atom. The summed E-state index contributed by atoms with van der Waals surface area (Å²) in [5.41, 5.74) is 2.79. The van der Waals surface area contributed by atoms with Gasteiger partial charge in [0.15, 0.2) is 0 Å². The molecule has 0 aliphatic carbocycles. The first-order chi connectivity index (χ1) is 8.49. The largest absolute Gasteiger partial charge is 0.480 e. The van der Waals surface area contributed by atoms with Gasteiger partial charge in [-0.15, -0.1) is 0 Å². The number of amides is 1. The molecule has 1 aromatic rings. The van der Waals surface area contributed by atoms with E-state index in [1.807, 2.05) is 18.2 Å². The first-order valence-corrected chi connectivity index (χ1v) is 6.13. The SMILES string of the molecule is CC(C)c1ccc2c(c1)C(=O)N(CC(=O)O)CC2. The van der Waals surface area contributed by atoms with E-state index in [1.165, 1.54) is 4.90 Å². The molecular formula is C14H17NO3. The predicted octanol–water partition coefficient (Wildman–Crippen LogP) is 1.89. The van der Waals surface area contributed by atoms with Crippen LogP contribution in [0.4, 0.5) is 0 Å². The summed E-state index contributed by atoms with van der Waals surface area (Å²) in [4.78, 5) is 24.3. The van der Waals surface area contributed by atoms with Crippen LogP contribution in [0.25, 0.3) is 0 Å². The number of carboxylic acids is 1. The minimum Gasteiger partial charge on any atom is -0.480 e. The Morgan fingerprint density at radius 2 is 2.17 bits per heavy atom. The second kappa shape index (κ2) is 4.80. The summed E-state index contributed by atoms with van der Waals surface area (Å²) in [6.45, 7) is 4.41. The highest BCUT2D eigenvalue weighted by atomic mass is 16.4. The van der Waals surface area contributed by atoms with Crippen molar-refractivity contribution in [1.29, 1.82) is 0 Å². The summed E-state index contributed by atoms with van der Waals surface area (Å²) in [6.07, 6.45) is 0.729. The molecule has 96 valence electrons. The summed E-state index contributed by atoms with van der Waals surface area (Å²) >= 11 is 0. The van der Waals surface area contributed by atoms with Crippen molar-refractivity contribution in [3.8, 4) is 0 Å². The van der Waals surface area contributed by atoms with E-state index >= 15 is 0 Å². The zero-order valence-corrected chi connectivity index (χ0v) is 10.6. The van der Waals surface area contributed by atoms with Crippen LogP contribution in [0.3, 0.4) is 0 Å². The van der Waals surface area contributed by atoms with Crippen molar-refractivity contribution in [1.82, 2.24) is 4.90 Å². The number of nitrogens with zero attached hydrogens (tertiary/aromatic N) is 1. The lowest BCUT2D eigenvalue weighted by Crippen LogP contribution is -2.40.